The Bertz CT molecular complexity index is 1050. The molecule has 4 rings (SSSR count). The van der Waals surface area contributed by atoms with Crippen LogP contribution in [0.25, 0.3) is 11.1 Å². The van der Waals surface area contributed by atoms with Gasteiger partial charge in [-0.25, -0.2) is 4.79 Å². The summed E-state index contributed by atoms with van der Waals surface area (Å²) in [5, 5.41) is 12.3. The lowest BCUT2D eigenvalue weighted by atomic mass is 9.91. The smallest absolute Gasteiger partial charge is 0.407 e. The van der Waals surface area contributed by atoms with E-state index in [1.54, 1.807) is 4.90 Å². The second-order valence-electron chi connectivity index (χ2n) is 9.79. The van der Waals surface area contributed by atoms with E-state index in [-0.39, 0.29) is 36.9 Å². The number of hydrogen-bond donors (Lipinski definition) is 2. The van der Waals surface area contributed by atoms with Gasteiger partial charge in [0.25, 0.3) is 0 Å². The number of alkyl carbamates (subject to hydrolysis) is 1. The van der Waals surface area contributed by atoms with Crippen LogP contribution in [0.1, 0.15) is 57.1 Å². The Kier molecular flexibility index (Phi) is 7.43. The first-order valence-corrected chi connectivity index (χ1v) is 12.5. The number of carboxylic acids is 1. The number of hydrogen-bond acceptors (Lipinski definition) is 4. The number of piperidine rings is 1. The molecule has 4 unspecified atom stereocenters. The summed E-state index contributed by atoms with van der Waals surface area (Å²) < 4.78 is 5.67. The van der Waals surface area contributed by atoms with Gasteiger partial charge < -0.3 is 20.1 Å². The number of nitrogens with one attached hydrogen (secondary N) is 1. The third-order valence-corrected chi connectivity index (χ3v) is 7.61. The fourth-order valence-corrected chi connectivity index (χ4v) is 5.24. The molecule has 0 saturated carbocycles. The van der Waals surface area contributed by atoms with E-state index in [4.69, 9.17) is 4.74 Å². The maximum Gasteiger partial charge on any atom is 0.407 e. The SMILES string of the molecule is CCC(C)C(NC(=O)OCC1c2ccccc2-c2ccccc21)C(=O)N1CC(C(=O)O)CCC1C. The van der Waals surface area contributed by atoms with Crippen LogP contribution in [0, 0.1) is 11.8 Å². The standard InChI is InChI=1S/C28H34N2O5/c1-4-17(2)25(26(31)30-15-19(27(32)33)14-13-18(30)3)29-28(34)35-16-24-22-11-7-5-9-20(22)21-10-6-8-12-23(21)24/h5-12,17-19,24-25H,4,13-16H2,1-3H3,(H,29,34)(H,32,33). The number of carbonyl (C=O) groups excluding carboxylic acids is 2. The van der Waals surface area contributed by atoms with Gasteiger partial charge in [0.15, 0.2) is 0 Å². The second-order valence-corrected chi connectivity index (χ2v) is 9.79. The van der Waals surface area contributed by atoms with Crippen LogP contribution in [0.2, 0.25) is 0 Å². The van der Waals surface area contributed by atoms with Crippen molar-refractivity contribution in [1.29, 1.82) is 0 Å². The number of nitrogens with zero attached hydrogens (tertiary/aromatic N) is 1. The Labute approximate surface area is 206 Å². The molecule has 2 amide bonds. The maximum atomic E-state index is 13.5. The van der Waals surface area contributed by atoms with Crippen molar-refractivity contribution in [1.82, 2.24) is 10.2 Å². The summed E-state index contributed by atoms with van der Waals surface area (Å²) in [5.74, 6) is -1.91. The molecule has 2 aliphatic rings. The van der Waals surface area contributed by atoms with E-state index < -0.39 is 24.0 Å². The number of ether oxygens (including phenoxy) is 1. The summed E-state index contributed by atoms with van der Waals surface area (Å²) in [6, 6.07) is 15.4. The first kappa shape index (κ1) is 24.8. The molecule has 1 heterocycles. The zero-order valence-electron chi connectivity index (χ0n) is 20.6. The highest BCUT2D eigenvalue weighted by molar-refractivity contribution is 5.87. The molecule has 7 heteroatoms. The van der Waals surface area contributed by atoms with Crippen molar-refractivity contribution in [2.75, 3.05) is 13.2 Å². The normalized spacial score (nSPS) is 20.9. The number of rotatable bonds is 7. The molecule has 0 radical (unpaired) electrons. The topological polar surface area (TPSA) is 95.9 Å². The minimum absolute atomic E-state index is 0.0654. The van der Waals surface area contributed by atoms with Crippen molar-refractivity contribution in [2.24, 2.45) is 11.8 Å². The fourth-order valence-electron chi connectivity index (χ4n) is 5.24. The van der Waals surface area contributed by atoms with Crippen molar-refractivity contribution in [2.45, 2.75) is 58.0 Å². The Morgan fingerprint density at radius 1 is 1.06 bits per heavy atom. The lowest BCUT2D eigenvalue weighted by molar-refractivity contribution is -0.148. The molecular formula is C28H34N2O5. The van der Waals surface area contributed by atoms with Crippen molar-refractivity contribution < 1.29 is 24.2 Å². The van der Waals surface area contributed by atoms with Crippen LogP contribution in [0.5, 0.6) is 0 Å². The summed E-state index contributed by atoms with van der Waals surface area (Å²) in [5.41, 5.74) is 4.55. The van der Waals surface area contributed by atoms with Crippen molar-refractivity contribution in [3.8, 4) is 11.1 Å². The molecular weight excluding hydrogens is 444 g/mol. The fraction of sp³-hybridized carbons (Fsp3) is 0.464. The lowest BCUT2D eigenvalue weighted by Gasteiger charge is -2.39. The summed E-state index contributed by atoms with van der Waals surface area (Å²) in [6.07, 6.45) is 1.23. The average molecular weight is 479 g/mol. The predicted octanol–water partition coefficient (Wildman–Crippen LogP) is 4.65. The van der Waals surface area contributed by atoms with Crippen LogP contribution in [0.4, 0.5) is 4.79 Å². The van der Waals surface area contributed by atoms with Gasteiger partial charge in [-0.15, -0.1) is 0 Å². The molecule has 35 heavy (non-hydrogen) atoms. The molecule has 1 aliphatic heterocycles. The van der Waals surface area contributed by atoms with Crippen LogP contribution in [0.3, 0.4) is 0 Å². The highest BCUT2D eigenvalue weighted by atomic mass is 16.5. The number of fused-ring (bicyclic) bond motifs is 3. The zero-order valence-corrected chi connectivity index (χ0v) is 20.6. The number of aliphatic carboxylic acids is 1. The van der Waals surface area contributed by atoms with Crippen LogP contribution in [-0.4, -0.2) is 53.2 Å². The molecule has 4 atom stereocenters. The largest absolute Gasteiger partial charge is 0.481 e. The third-order valence-electron chi connectivity index (χ3n) is 7.61. The van der Waals surface area contributed by atoms with E-state index in [1.807, 2.05) is 45.0 Å². The second kappa shape index (κ2) is 10.5. The Morgan fingerprint density at radius 2 is 1.66 bits per heavy atom. The van der Waals surface area contributed by atoms with Gasteiger partial charge in [-0.05, 0) is 47.9 Å². The van der Waals surface area contributed by atoms with Gasteiger partial charge in [-0.3, -0.25) is 9.59 Å². The molecule has 186 valence electrons. The van der Waals surface area contributed by atoms with Crippen molar-refractivity contribution in [3.05, 3.63) is 59.7 Å². The van der Waals surface area contributed by atoms with Gasteiger partial charge >= 0.3 is 12.1 Å². The number of likely N-dealkylation sites (tertiary alicyclic amines) is 1. The minimum Gasteiger partial charge on any atom is -0.481 e. The maximum absolute atomic E-state index is 13.5. The molecule has 0 spiro atoms. The molecule has 1 aliphatic carbocycles. The van der Waals surface area contributed by atoms with Gasteiger partial charge in [0, 0.05) is 18.5 Å². The highest BCUT2D eigenvalue weighted by Crippen LogP contribution is 2.44. The summed E-state index contributed by atoms with van der Waals surface area (Å²) in [7, 11) is 0. The molecule has 1 saturated heterocycles. The Balaban J connectivity index is 1.45. The first-order valence-electron chi connectivity index (χ1n) is 12.5. The van der Waals surface area contributed by atoms with Crippen LogP contribution in [-0.2, 0) is 14.3 Å². The Hall–Kier alpha value is -3.35. The molecule has 2 N–H and O–H groups in total. The van der Waals surface area contributed by atoms with E-state index in [9.17, 15) is 19.5 Å². The van der Waals surface area contributed by atoms with Crippen LogP contribution >= 0.6 is 0 Å². The van der Waals surface area contributed by atoms with E-state index in [2.05, 4.69) is 29.6 Å². The number of carbonyl (C=O) groups is 3. The van der Waals surface area contributed by atoms with Crippen molar-refractivity contribution in [3.63, 3.8) is 0 Å². The van der Waals surface area contributed by atoms with E-state index >= 15 is 0 Å². The number of amides is 2. The lowest BCUT2D eigenvalue weighted by Crippen LogP contribution is -2.57. The van der Waals surface area contributed by atoms with Crippen molar-refractivity contribution >= 4 is 18.0 Å². The van der Waals surface area contributed by atoms with E-state index in [1.165, 1.54) is 0 Å². The quantitative estimate of drug-likeness (QED) is 0.604. The number of benzene rings is 2. The zero-order chi connectivity index (χ0) is 25.1. The van der Waals surface area contributed by atoms with Gasteiger partial charge in [-0.1, -0.05) is 68.8 Å². The van der Waals surface area contributed by atoms with Crippen LogP contribution < -0.4 is 5.32 Å². The summed E-state index contributed by atoms with van der Waals surface area (Å²) in [4.78, 5) is 39.5. The summed E-state index contributed by atoms with van der Waals surface area (Å²) >= 11 is 0. The molecule has 7 nitrogen and oxygen atoms in total. The van der Waals surface area contributed by atoms with Gasteiger partial charge in [0.2, 0.25) is 5.91 Å². The van der Waals surface area contributed by atoms with Gasteiger partial charge in [0.1, 0.15) is 12.6 Å². The molecule has 0 bridgehead atoms. The highest BCUT2D eigenvalue weighted by Gasteiger charge is 2.38. The van der Waals surface area contributed by atoms with E-state index in [0.29, 0.717) is 19.3 Å². The predicted molar refractivity (Wildman–Crippen MR) is 133 cm³/mol. The average Bonchev–Trinajstić information content (AvgIpc) is 3.19. The first-order chi connectivity index (χ1) is 16.8. The van der Waals surface area contributed by atoms with Crippen LogP contribution in [0.15, 0.2) is 48.5 Å². The molecule has 1 fully saturated rings. The molecule has 2 aromatic rings. The van der Waals surface area contributed by atoms with Gasteiger partial charge in [0.05, 0.1) is 5.92 Å². The Morgan fingerprint density at radius 3 is 2.23 bits per heavy atom. The monoisotopic (exact) mass is 478 g/mol. The van der Waals surface area contributed by atoms with E-state index in [0.717, 1.165) is 22.3 Å². The minimum atomic E-state index is -0.890. The summed E-state index contributed by atoms with van der Waals surface area (Å²) in [6.45, 7) is 6.13. The third kappa shape index (κ3) is 5.04. The molecule has 2 aromatic carbocycles. The van der Waals surface area contributed by atoms with Gasteiger partial charge in [-0.2, -0.15) is 0 Å². The number of carboxylic acid groups (broad SMARTS) is 1. The molecule has 0 aromatic heterocycles.